The third kappa shape index (κ3) is 2.04. The van der Waals surface area contributed by atoms with E-state index in [1.54, 1.807) is 0 Å². The molecule has 0 saturated carbocycles. The van der Waals surface area contributed by atoms with Crippen LogP contribution in [0.25, 0.3) is 22.2 Å². The van der Waals surface area contributed by atoms with Gasteiger partial charge in [-0.25, -0.2) is 0 Å². The summed E-state index contributed by atoms with van der Waals surface area (Å²) in [7, 11) is 0. The van der Waals surface area contributed by atoms with Crippen molar-refractivity contribution in [1.29, 1.82) is 0 Å². The summed E-state index contributed by atoms with van der Waals surface area (Å²) in [5.41, 5.74) is 5.91. The molecular formula is C17H13ClN2S. The van der Waals surface area contributed by atoms with Gasteiger partial charge in [-0.05, 0) is 35.7 Å². The molecule has 2 aromatic carbocycles. The van der Waals surface area contributed by atoms with Gasteiger partial charge in [0.15, 0.2) is 0 Å². The Hall–Kier alpha value is -1.84. The predicted molar refractivity (Wildman–Crippen MR) is 92.2 cm³/mol. The van der Waals surface area contributed by atoms with E-state index in [0.29, 0.717) is 0 Å². The van der Waals surface area contributed by atoms with Crippen LogP contribution in [0.15, 0.2) is 42.5 Å². The summed E-state index contributed by atoms with van der Waals surface area (Å²) in [6.07, 6.45) is 0.953. The molecule has 0 saturated heterocycles. The van der Waals surface area contributed by atoms with Crippen molar-refractivity contribution in [2.75, 3.05) is 6.54 Å². The average molecular weight is 313 g/mol. The lowest BCUT2D eigenvalue weighted by Gasteiger charge is -2.05. The van der Waals surface area contributed by atoms with Crippen LogP contribution >= 0.6 is 23.8 Å². The molecule has 1 aliphatic heterocycles. The number of hydrogen-bond donors (Lipinski definition) is 2. The summed E-state index contributed by atoms with van der Waals surface area (Å²) < 4.78 is 0. The van der Waals surface area contributed by atoms with Crippen molar-refractivity contribution in [3.05, 3.63) is 58.6 Å². The smallest absolute Gasteiger partial charge is 0.107 e. The Morgan fingerprint density at radius 3 is 2.67 bits per heavy atom. The zero-order valence-electron chi connectivity index (χ0n) is 11.2. The number of thiocarbonyl (C=S) groups is 1. The molecule has 4 heteroatoms. The Morgan fingerprint density at radius 2 is 1.86 bits per heavy atom. The van der Waals surface area contributed by atoms with Gasteiger partial charge in [-0.2, -0.15) is 0 Å². The standard InChI is InChI=1S/C17H13ClN2S/c18-11-6-4-10(5-7-11)16-12-8-9-19-17(21)13-2-1-3-14(20-16)15(12)13/h1-7,20H,8-9H2,(H,19,21). The van der Waals surface area contributed by atoms with Gasteiger partial charge >= 0.3 is 0 Å². The molecule has 3 aromatic rings. The first-order chi connectivity index (χ1) is 10.2. The summed E-state index contributed by atoms with van der Waals surface area (Å²) in [6, 6.07) is 14.2. The molecule has 0 radical (unpaired) electrons. The maximum atomic E-state index is 6.00. The number of halogens is 1. The highest BCUT2D eigenvalue weighted by Gasteiger charge is 2.20. The predicted octanol–water partition coefficient (Wildman–Crippen LogP) is 4.31. The number of nitrogens with one attached hydrogen (secondary N) is 2. The fourth-order valence-electron chi connectivity index (χ4n) is 3.02. The van der Waals surface area contributed by atoms with Gasteiger partial charge in [-0.3, -0.25) is 0 Å². The topological polar surface area (TPSA) is 27.8 Å². The number of rotatable bonds is 1. The number of hydrogen-bond acceptors (Lipinski definition) is 1. The van der Waals surface area contributed by atoms with E-state index >= 15 is 0 Å². The minimum Gasteiger partial charge on any atom is -0.375 e. The summed E-state index contributed by atoms with van der Waals surface area (Å²) >= 11 is 11.5. The van der Waals surface area contributed by atoms with Crippen LogP contribution in [0.1, 0.15) is 11.1 Å². The minimum atomic E-state index is 0.754. The second-order valence-electron chi connectivity index (χ2n) is 5.22. The third-order valence-electron chi connectivity index (χ3n) is 3.97. The van der Waals surface area contributed by atoms with Crippen molar-refractivity contribution >= 4 is 39.7 Å². The molecule has 0 amide bonds. The van der Waals surface area contributed by atoms with E-state index in [9.17, 15) is 0 Å². The Bertz CT molecular complexity index is 849. The third-order valence-corrected chi connectivity index (χ3v) is 4.58. The summed E-state index contributed by atoms with van der Waals surface area (Å²) in [5, 5.41) is 5.32. The molecule has 0 unspecified atom stereocenters. The summed E-state index contributed by atoms with van der Waals surface area (Å²) in [6.45, 7) is 0.862. The molecule has 0 aliphatic carbocycles. The largest absolute Gasteiger partial charge is 0.375 e. The van der Waals surface area contributed by atoms with Gasteiger partial charge in [0.05, 0.1) is 0 Å². The Morgan fingerprint density at radius 1 is 1.05 bits per heavy atom. The number of benzene rings is 2. The fraction of sp³-hybridized carbons (Fsp3) is 0.118. The second-order valence-corrected chi connectivity index (χ2v) is 6.06. The Kier molecular flexibility index (Phi) is 2.98. The van der Waals surface area contributed by atoms with E-state index in [0.717, 1.165) is 39.6 Å². The highest BCUT2D eigenvalue weighted by molar-refractivity contribution is 7.80. The maximum absolute atomic E-state index is 6.00. The van der Waals surface area contributed by atoms with Gasteiger partial charge in [0, 0.05) is 33.7 Å². The van der Waals surface area contributed by atoms with Crippen LogP contribution in [0.5, 0.6) is 0 Å². The van der Waals surface area contributed by atoms with Gasteiger partial charge in [-0.1, -0.05) is 48.1 Å². The van der Waals surface area contributed by atoms with Crippen molar-refractivity contribution in [2.24, 2.45) is 0 Å². The van der Waals surface area contributed by atoms with E-state index in [2.05, 4.69) is 34.6 Å². The van der Waals surface area contributed by atoms with Gasteiger partial charge in [-0.15, -0.1) is 0 Å². The van der Waals surface area contributed by atoms with E-state index in [1.807, 2.05) is 18.2 Å². The zero-order valence-corrected chi connectivity index (χ0v) is 12.8. The van der Waals surface area contributed by atoms with Gasteiger partial charge < -0.3 is 10.3 Å². The highest BCUT2D eigenvalue weighted by Crippen LogP contribution is 2.34. The molecule has 0 spiro atoms. The molecule has 0 atom stereocenters. The highest BCUT2D eigenvalue weighted by atomic mass is 35.5. The molecule has 2 heterocycles. The molecule has 4 rings (SSSR count). The Labute approximate surface area is 133 Å². The normalized spacial score (nSPS) is 14.0. The molecule has 0 bridgehead atoms. The first-order valence-corrected chi connectivity index (χ1v) is 7.70. The SMILES string of the molecule is S=C1NCCc2c(-c3ccc(Cl)cc3)[nH]c3cccc1c23. The molecule has 0 fully saturated rings. The van der Waals surface area contributed by atoms with Gasteiger partial charge in [0.1, 0.15) is 4.99 Å². The van der Waals surface area contributed by atoms with Crippen LogP contribution < -0.4 is 5.32 Å². The molecule has 2 nitrogen and oxygen atoms in total. The van der Waals surface area contributed by atoms with E-state index < -0.39 is 0 Å². The van der Waals surface area contributed by atoms with Crippen molar-refractivity contribution < 1.29 is 0 Å². The van der Waals surface area contributed by atoms with Crippen LogP contribution in [-0.2, 0) is 6.42 Å². The van der Waals surface area contributed by atoms with Crippen LogP contribution in [0.2, 0.25) is 5.02 Å². The minimum absolute atomic E-state index is 0.754. The summed E-state index contributed by atoms with van der Waals surface area (Å²) in [5.74, 6) is 0. The summed E-state index contributed by atoms with van der Waals surface area (Å²) in [4.78, 5) is 4.38. The quantitative estimate of drug-likeness (QED) is 0.655. The van der Waals surface area contributed by atoms with E-state index in [4.69, 9.17) is 23.8 Å². The number of aromatic amines is 1. The van der Waals surface area contributed by atoms with Crippen molar-refractivity contribution in [2.45, 2.75) is 6.42 Å². The lowest BCUT2D eigenvalue weighted by molar-refractivity contribution is 0.889. The molecule has 2 N–H and O–H groups in total. The van der Waals surface area contributed by atoms with Gasteiger partial charge in [0.25, 0.3) is 0 Å². The molecular weight excluding hydrogens is 300 g/mol. The van der Waals surface area contributed by atoms with Crippen LogP contribution in [-0.4, -0.2) is 16.5 Å². The first kappa shape index (κ1) is 12.9. The molecule has 104 valence electrons. The fourth-order valence-corrected chi connectivity index (χ4v) is 3.41. The van der Waals surface area contributed by atoms with Gasteiger partial charge in [0.2, 0.25) is 0 Å². The maximum Gasteiger partial charge on any atom is 0.107 e. The molecule has 1 aromatic heterocycles. The van der Waals surface area contributed by atoms with Crippen LogP contribution in [0.3, 0.4) is 0 Å². The monoisotopic (exact) mass is 312 g/mol. The second kappa shape index (κ2) is 4.86. The number of H-pyrrole nitrogens is 1. The molecule has 1 aliphatic rings. The lowest BCUT2D eigenvalue weighted by atomic mass is 10.0. The van der Waals surface area contributed by atoms with E-state index in [1.165, 1.54) is 16.6 Å². The Balaban J connectivity index is 2.02. The van der Waals surface area contributed by atoms with Crippen LogP contribution in [0, 0.1) is 0 Å². The van der Waals surface area contributed by atoms with Crippen molar-refractivity contribution in [1.82, 2.24) is 10.3 Å². The zero-order chi connectivity index (χ0) is 14.4. The molecule has 21 heavy (non-hydrogen) atoms. The average Bonchev–Trinajstić information content (AvgIpc) is 2.77. The van der Waals surface area contributed by atoms with Crippen molar-refractivity contribution in [3.63, 3.8) is 0 Å². The van der Waals surface area contributed by atoms with Crippen LogP contribution in [0.4, 0.5) is 0 Å². The first-order valence-electron chi connectivity index (χ1n) is 6.92. The number of aromatic nitrogens is 1. The lowest BCUT2D eigenvalue weighted by Crippen LogP contribution is -2.22. The van der Waals surface area contributed by atoms with E-state index in [-0.39, 0.29) is 0 Å². The van der Waals surface area contributed by atoms with Crippen molar-refractivity contribution in [3.8, 4) is 11.3 Å².